The fourth-order valence-corrected chi connectivity index (χ4v) is 5.90. The number of hydrogen-bond donors (Lipinski definition) is 5. The Kier molecular flexibility index (Phi) is 20.1. The van der Waals surface area contributed by atoms with Crippen molar-refractivity contribution < 1.29 is 57.3 Å². The average molecular weight is 902 g/mol. The van der Waals surface area contributed by atoms with Crippen molar-refractivity contribution in [2.45, 2.75) is 137 Å². The molecule has 0 fully saturated rings. The smallest absolute Gasteiger partial charge is 0.407 e. The number of aryl methyl sites for hydroxylation is 1. The summed E-state index contributed by atoms with van der Waals surface area (Å²) in [6.45, 7) is 16.8. The molecule has 0 radical (unpaired) electrons. The van der Waals surface area contributed by atoms with Gasteiger partial charge in [0.05, 0.1) is 37.4 Å². The van der Waals surface area contributed by atoms with E-state index in [0.717, 1.165) is 5.56 Å². The highest BCUT2D eigenvalue weighted by atomic mass is 35.5. The Bertz CT molecular complexity index is 1950. The number of benzene rings is 2. The molecule has 2 aromatic rings. The third-order valence-corrected chi connectivity index (χ3v) is 8.96. The lowest BCUT2D eigenvalue weighted by molar-refractivity contribution is -0.157. The second-order valence-electron chi connectivity index (χ2n) is 18.3. The molecule has 0 aliphatic carbocycles. The first-order valence-electron chi connectivity index (χ1n) is 20.5. The van der Waals surface area contributed by atoms with Gasteiger partial charge in [-0.3, -0.25) is 33.6 Å². The molecule has 2 rings (SSSR count). The lowest BCUT2D eigenvalue weighted by Crippen LogP contribution is -2.54. The number of anilines is 1. The molecule has 1 unspecified atom stereocenters. The van der Waals surface area contributed by atoms with Gasteiger partial charge in [0.1, 0.15) is 30.0 Å². The van der Waals surface area contributed by atoms with Gasteiger partial charge >= 0.3 is 24.0 Å². The third kappa shape index (κ3) is 21.3. The number of ether oxygens (including phenoxy) is 4. The number of alkyl halides is 1. The number of carbonyl (C=O) groups is 8. The molecule has 0 aliphatic rings. The van der Waals surface area contributed by atoms with Gasteiger partial charge in [-0.25, -0.2) is 4.79 Å². The Hall–Kier alpha value is -5.71. The van der Waals surface area contributed by atoms with E-state index < -0.39 is 102 Å². The molecule has 63 heavy (non-hydrogen) atoms. The molecule has 0 aliphatic heterocycles. The number of halogens is 1. The van der Waals surface area contributed by atoms with E-state index in [0.29, 0.717) is 16.7 Å². The largest absolute Gasteiger partial charge is 0.460 e. The molecule has 0 bridgehead atoms. The second-order valence-corrected chi connectivity index (χ2v) is 18.6. The van der Waals surface area contributed by atoms with E-state index in [9.17, 15) is 38.4 Å². The zero-order chi connectivity index (χ0) is 47.8. The van der Waals surface area contributed by atoms with Crippen LogP contribution in [0.4, 0.5) is 10.5 Å². The number of carbonyl (C=O) groups excluding carboxylic acids is 8. The van der Waals surface area contributed by atoms with Gasteiger partial charge < -0.3 is 45.5 Å². The summed E-state index contributed by atoms with van der Waals surface area (Å²) in [6, 6.07) is 11.0. The second kappa shape index (κ2) is 23.7. The van der Waals surface area contributed by atoms with Gasteiger partial charge in [-0.1, -0.05) is 36.4 Å². The summed E-state index contributed by atoms with van der Waals surface area (Å²) in [6.07, 6.45) is -1.34. The van der Waals surface area contributed by atoms with Gasteiger partial charge in [0.25, 0.3) is 0 Å². The Balaban J connectivity index is 2.24. The molecule has 17 nitrogen and oxygen atoms in total. The monoisotopic (exact) mass is 901 g/mol. The van der Waals surface area contributed by atoms with Crippen molar-refractivity contribution in [1.29, 1.82) is 0 Å². The Morgan fingerprint density at radius 1 is 0.619 bits per heavy atom. The Labute approximate surface area is 374 Å². The normalized spacial score (nSPS) is 12.2. The van der Waals surface area contributed by atoms with E-state index in [-0.39, 0.29) is 37.4 Å². The number of rotatable bonds is 20. The van der Waals surface area contributed by atoms with Gasteiger partial charge in [-0.2, -0.15) is 0 Å². The number of esters is 3. The van der Waals surface area contributed by atoms with Crippen LogP contribution in [-0.2, 0) is 77.8 Å². The van der Waals surface area contributed by atoms with Crippen LogP contribution in [0.3, 0.4) is 0 Å². The topological polar surface area (TPSA) is 234 Å². The lowest BCUT2D eigenvalue weighted by Gasteiger charge is -2.34. The molecule has 0 aromatic heterocycles. The maximum atomic E-state index is 14.3. The third-order valence-electron chi connectivity index (χ3n) is 8.67. The maximum absolute atomic E-state index is 14.3. The number of hydrogen-bond acceptors (Lipinski definition) is 12. The molecule has 0 spiro atoms. The molecular formula is C45H64ClN5O12. The van der Waals surface area contributed by atoms with E-state index >= 15 is 0 Å². The van der Waals surface area contributed by atoms with Crippen LogP contribution in [0.15, 0.2) is 42.5 Å². The van der Waals surface area contributed by atoms with Crippen molar-refractivity contribution in [3.05, 3.63) is 64.7 Å². The molecule has 0 heterocycles. The van der Waals surface area contributed by atoms with Crippen molar-refractivity contribution in [2.24, 2.45) is 5.41 Å². The molecule has 0 saturated heterocycles. The van der Waals surface area contributed by atoms with Crippen molar-refractivity contribution >= 4 is 64.9 Å². The summed E-state index contributed by atoms with van der Waals surface area (Å²) in [5, 5.41) is 12.5. The van der Waals surface area contributed by atoms with Crippen molar-refractivity contribution in [3.8, 4) is 0 Å². The lowest BCUT2D eigenvalue weighted by atomic mass is 9.81. The van der Waals surface area contributed by atoms with Crippen LogP contribution in [0, 0.1) is 5.41 Å². The first-order valence-corrected chi connectivity index (χ1v) is 21.0. The average Bonchev–Trinajstić information content (AvgIpc) is 3.15. The molecule has 5 N–H and O–H groups in total. The van der Waals surface area contributed by atoms with Gasteiger partial charge in [-0.15, -0.1) is 11.6 Å². The predicted molar refractivity (Wildman–Crippen MR) is 235 cm³/mol. The molecule has 5 amide bonds. The molecule has 0 saturated carbocycles. The van der Waals surface area contributed by atoms with E-state index in [1.807, 2.05) is 6.07 Å². The number of alkyl carbamates (subject to hydrolysis) is 1. The van der Waals surface area contributed by atoms with E-state index in [1.165, 1.54) is 13.8 Å². The SMILES string of the molecule is CC(C)(C)OC(=O)CCc1cc(NC(=O)C(C)(C)C(CC(=O)OC(C)(C)C)NC(=O)CNC(=O)CNC(=O)CNC(=O)OCc2ccccc2)c(CC(=O)OC(C)(C)C)cc1CCl. The Morgan fingerprint density at radius 2 is 1.14 bits per heavy atom. The van der Waals surface area contributed by atoms with Crippen LogP contribution in [0.25, 0.3) is 0 Å². The summed E-state index contributed by atoms with van der Waals surface area (Å²) < 4.78 is 21.6. The van der Waals surface area contributed by atoms with Gasteiger partial charge in [0.15, 0.2) is 0 Å². The standard InChI is InChI=1S/C45H64ClN5O12/c1-42(2,3)61-37(55)18-17-29-20-32(30(19-31(29)23-46)21-38(56)62-43(4,5)6)50-40(58)45(10,11)33(22-39(57)63-44(7,8)9)51-36(54)26-48-34(52)24-47-35(53)25-49-41(59)60-27-28-15-13-12-14-16-28/h12-16,19-20,33H,17-18,21-27H2,1-11H3,(H,47,53)(H,48,52)(H,49,59)(H,50,58)(H,51,54). The van der Waals surface area contributed by atoms with Crippen LogP contribution in [0.2, 0.25) is 0 Å². The fourth-order valence-electron chi connectivity index (χ4n) is 5.66. The number of amides is 5. The summed E-state index contributed by atoms with van der Waals surface area (Å²) >= 11 is 6.34. The Morgan fingerprint density at radius 3 is 1.70 bits per heavy atom. The van der Waals surface area contributed by atoms with Crippen LogP contribution in [-0.4, -0.2) is 90.1 Å². The quantitative estimate of drug-likeness (QED) is 0.0677. The summed E-state index contributed by atoms with van der Waals surface area (Å²) in [5.74, 6) is -4.59. The zero-order valence-electron chi connectivity index (χ0n) is 38.3. The molecule has 1 atom stereocenters. The van der Waals surface area contributed by atoms with E-state index in [1.54, 1.807) is 98.7 Å². The highest BCUT2D eigenvalue weighted by Crippen LogP contribution is 2.31. The van der Waals surface area contributed by atoms with Crippen molar-refractivity contribution in [2.75, 3.05) is 25.0 Å². The van der Waals surface area contributed by atoms with Crippen LogP contribution in [0.1, 0.15) is 111 Å². The van der Waals surface area contributed by atoms with E-state index in [4.69, 9.17) is 30.5 Å². The van der Waals surface area contributed by atoms with Gasteiger partial charge in [-0.05, 0) is 111 Å². The highest BCUT2D eigenvalue weighted by Gasteiger charge is 2.40. The molecule has 348 valence electrons. The predicted octanol–water partition coefficient (Wildman–Crippen LogP) is 4.92. The van der Waals surface area contributed by atoms with Crippen molar-refractivity contribution in [1.82, 2.24) is 21.3 Å². The summed E-state index contributed by atoms with van der Waals surface area (Å²) in [7, 11) is 0. The minimum absolute atomic E-state index is 0.00156. The van der Waals surface area contributed by atoms with E-state index in [2.05, 4.69) is 26.6 Å². The van der Waals surface area contributed by atoms with Gasteiger partial charge in [0, 0.05) is 18.0 Å². The van der Waals surface area contributed by atoms with Crippen LogP contribution in [0.5, 0.6) is 0 Å². The minimum Gasteiger partial charge on any atom is -0.460 e. The maximum Gasteiger partial charge on any atom is 0.407 e. The fraction of sp³-hybridized carbons (Fsp3) is 0.556. The summed E-state index contributed by atoms with van der Waals surface area (Å²) in [4.78, 5) is 103. The van der Waals surface area contributed by atoms with Gasteiger partial charge in [0.2, 0.25) is 23.6 Å². The minimum atomic E-state index is -1.55. The zero-order valence-corrected chi connectivity index (χ0v) is 39.0. The first-order chi connectivity index (χ1) is 29.1. The molecule has 18 heteroatoms. The summed E-state index contributed by atoms with van der Waals surface area (Å²) in [5.41, 5.74) is -1.40. The molecular weight excluding hydrogens is 838 g/mol. The first kappa shape index (κ1) is 53.4. The van der Waals surface area contributed by atoms with Crippen LogP contribution < -0.4 is 26.6 Å². The van der Waals surface area contributed by atoms with Crippen molar-refractivity contribution in [3.63, 3.8) is 0 Å². The highest BCUT2D eigenvalue weighted by molar-refractivity contribution is 6.17. The molecule has 2 aromatic carbocycles. The van der Waals surface area contributed by atoms with Crippen LogP contribution >= 0.6 is 11.6 Å². The number of nitrogens with one attached hydrogen (secondary N) is 5.